The number of nitrogens with two attached hydrogens (primary N) is 1. The largest absolute Gasteiger partial charge is 0.384 e. The van der Waals surface area contributed by atoms with Crippen LogP contribution in [0.5, 0.6) is 0 Å². The van der Waals surface area contributed by atoms with Gasteiger partial charge in [0, 0.05) is 24.3 Å². The highest BCUT2D eigenvalue weighted by Gasteiger charge is 2.27. The first kappa shape index (κ1) is 10.5. The molecule has 0 saturated heterocycles. The highest BCUT2D eigenvalue weighted by atomic mass is 32.2. The minimum absolute atomic E-state index is 0.551. The average Bonchev–Trinajstić information content (AvgIpc) is 3.00. The van der Waals surface area contributed by atoms with Gasteiger partial charge in [0.2, 0.25) is 0 Å². The maximum atomic E-state index is 5.73. The number of thioether (sulfide) groups is 1. The average molecular weight is 224 g/mol. The van der Waals surface area contributed by atoms with Crippen LogP contribution in [0, 0.1) is 0 Å². The van der Waals surface area contributed by atoms with Crippen LogP contribution in [-0.2, 0) is 0 Å². The zero-order chi connectivity index (χ0) is 10.7. The van der Waals surface area contributed by atoms with Crippen molar-refractivity contribution >= 4 is 23.4 Å². The van der Waals surface area contributed by atoms with E-state index in [0.29, 0.717) is 11.7 Å². The fraction of sp³-hybridized carbons (Fsp3) is 0.600. The molecule has 0 radical (unpaired) electrons. The fourth-order valence-corrected chi connectivity index (χ4v) is 1.69. The van der Waals surface area contributed by atoms with Crippen LogP contribution in [0.1, 0.15) is 24.6 Å². The van der Waals surface area contributed by atoms with E-state index in [1.54, 1.807) is 6.07 Å². The van der Waals surface area contributed by atoms with Gasteiger partial charge in [0.1, 0.15) is 17.5 Å². The van der Waals surface area contributed by atoms with Crippen molar-refractivity contribution in [2.45, 2.75) is 18.8 Å². The number of aromatic nitrogens is 2. The van der Waals surface area contributed by atoms with Gasteiger partial charge in [0.15, 0.2) is 0 Å². The van der Waals surface area contributed by atoms with Gasteiger partial charge in [-0.15, -0.1) is 0 Å². The lowest BCUT2D eigenvalue weighted by Crippen LogP contribution is -2.08. The molecule has 1 aliphatic carbocycles. The highest BCUT2D eigenvalue weighted by Crippen LogP contribution is 2.38. The second-order valence-corrected chi connectivity index (χ2v) is 4.72. The molecule has 3 N–H and O–H groups in total. The molecule has 0 atom stereocenters. The second-order valence-electron chi connectivity index (χ2n) is 3.73. The fourth-order valence-electron chi connectivity index (χ4n) is 1.38. The van der Waals surface area contributed by atoms with Crippen LogP contribution in [0.2, 0.25) is 0 Å². The van der Waals surface area contributed by atoms with Gasteiger partial charge >= 0.3 is 0 Å². The predicted octanol–water partition coefficient (Wildman–Crippen LogP) is 1.71. The van der Waals surface area contributed by atoms with E-state index >= 15 is 0 Å². The second kappa shape index (κ2) is 4.70. The molecule has 0 aromatic carbocycles. The van der Waals surface area contributed by atoms with E-state index in [9.17, 15) is 0 Å². The Morgan fingerprint density at radius 1 is 1.53 bits per heavy atom. The molecule has 1 aromatic heterocycles. The Balaban J connectivity index is 2.02. The van der Waals surface area contributed by atoms with Crippen molar-refractivity contribution in [1.29, 1.82) is 0 Å². The number of nitrogens with zero attached hydrogens (tertiary/aromatic N) is 2. The molecule has 1 aromatic rings. The van der Waals surface area contributed by atoms with Crippen LogP contribution < -0.4 is 11.1 Å². The van der Waals surface area contributed by atoms with Gasteiger partial charge in [0.05, 0.1) is 0 Å². The summed E-state index contributed by atoms with van der Waals surface area (Å²) in [6.45, 7) is 0.918. The zero-order valence-corrected chi connectivity index (χ0v) is 9.68. The summed E-state index contributed by atoms with van der Waals surface area (Å²) >= 11 is 1.81. The van der Waals surface area contributed by atoms with E-state index in [1.165, 1.54) is 12.8 Å². The number of hydrogen-bond donors (Lipinski definition) is 2. The van der Waals surface area contributed by atoms with Crippen LogP contribution in [-0.4, -0.2) is 28.5 Å². The van der Waals surface area contributed by atoms with Gasteiger partial charge in [0.25, 0.3) is 0 Å². The van der Waals surface area contributed by atoms with E-state index in [4.69, 9.17) is 5.73 Å². The third kappa shape index (κ3) is 2.99. The summed E-state index contributed by atoms with van der Waals surface area (Å²) in [7, 11) is 0. The van der Waals surface area contributed by atoms with Crippen molar-refractivity contribution in [3.05, 3.63) is 11.9 Å². The summed E-state index contributed by atoms with van der Waals surface area (Å²) in [4.78, 5) is 8.70. The summed E-state index contributed by atoms with van der Waals surface area (Å²) in [5.41, 5.74) is 5.73. The molecular formula is C10H16N4S. The van der Waals surface area contributed by atoms with Crippen LogP contribution in [0.4, 0.5) is 11.6 Å². The Kier molecular flexibility index (Phi) is 3.30. The Hall–Kier alpha value is -0.970. The van der Waals surface area contributed by atoms with Crippen LogP contribution in [0.3, 0.4) is 0 Å². The third-order valence-electron chi connectivity index (χ3n) is 2.32. The predicted molar refractivity (Wildman–Crippen MR) is 65.3 cm³/mol. The molecule has 1 saturated carbocycles. The Labute approximate surface area is 94.1 Å². The van der Waals surface area contributed by atoms with Gasteiger partial charge in [-0.05, 0) is 19.1 Å². The monoisotopic (exact) mass is 224 g/mol. The van der Waals surface area contributed by atoms with Crippen molar-refractivity contribution in [1.82, 2.24) is 9.97 Å². The van der Waals surface area contributed by atoms with Crippen molar-refractivity contribution < 1.29 is 0 Å². The van der Waals surface area contributed by atoms with Crippen molar-refractivity contribution in [3.8, 4) is 0 Å². The van der Waals surface area contributed by atoms with E-state index in [-0.39, 0.29) is 0 Å². The van der Waals surface area contributed by atoms with Crippen molar-refractivity contribution in [2.24, 2.45) is 0 Å². The van der Waals surface area contributed by atoms with Gasteiger partial charge in [-0.1, -0.05) is 0 Å². The molecular weight excluding hydrogens is 208 g/mol. The van der Waals surface area contributed by atoms with E-state index < -0.39 is 0 Å². The lowest BCUT2D eigenvalue weighted by molar-refractivity contribution is 0.930. The molecule has 82 valence electrons. The minimum atomic E-state index is 0.551. The van der Waals surface area contributed by atoms with Gasteiger partial charge < -0.3 is 11.1 Å². The molecule has 1 heterocycles. The molecule has 15 heavy (non-hydrogen) atoms. The smallest absolute Gasteiger partial charge is 0.136 e. The molecule has 0 amide bonds. The molecule has 0 bridgehead atoms. The van der Waals surface area contributed by atoms with Crippen LogP contribution >= 0.6 is 11.8 Å². The summed E-state index contributed by atoms with van der Waals surface area (Å²) in [6, 6.07) is 1.80. The van der Waals surface area contributed by atoms with Gasteiger partial charge in [-0.25, -0.2) is 9.97 Å². The topological polar surface area (TPSA) is 63.8 Å². The molecule has 1 fully saturated rings. The quantitative estimate of drug-likeness (QED) is 0.745. The molecule has 1 aliphatic rings. The number of rotatable bonds is 5. The molecule has 2 rings (SSSR count). The molecule has 0 unspecified atom stereocenters. The Bertz CT molecular complexity index is 338. The van der Waals surface area contributed by atoms with E-state index in [1.807, 2.05) is 11.8 Å². The first-order valence-corrected chi connectivity index (χ1v) is 6.56. The molecule has 4 nitrogen and oxygen atoms in total. The number of nitrogen functional groups attached to an aromatic ring is 1. The molecule has 0 aliphatic heterocycles. The maximum absolute atomic E-state index is 5.73. The van der Waals surface area contributed by atoms with Crippen molar-refractivity contribution in [2.75, 3.05) is 29.6 Å². The first-order valence-electron chi connectivity index (χ1n) is 5.17. The number of nitrogens with one attached hydrogen (secondary N) is 1. The van der Waals surface area contributed by atoms with Crippen molar-refractivity contribution in [3.63, 3.8) is 0 Å². The molecule has 5 heteroatoms. The lowest BCUT2D eigenvalue weighted by atomic mass is 10.4. The van der Waals surface area contributed by atoms with Crippen LogP contribution in [0.15, 0.2) is 6.07 Å². The number of anilines is 2. The maximum Gasteiger partial charge on any atom is 0.136 e. The van der Waals surface area contributed by atoms with E-state index in [2.05, 4.69) is 21.5 Å². The highest BCUT2D eigenvalue weighted by molar-refractivity contribution is 7.98. The summed E-state index contributed by atoms with van der Waals surface area (Å²) in [5, 5.41) is 3.26. The summed E-state index contributed by atoms with van der Waals surface area (Å²) in [5.74, 6) is 3.95. The summed E-state index contributed by atoms with van der Waals surface area (Å²) < 4.78 is 0. The summed E-state index contributed by atoms with van der Waals surface area (Å²) in [6.07, 6.45) is 4.49. The van der Waals surface area contributed by atoms with E-state index in [0.717, 1.165) is 23.9 Å². The Morgan fingerprint density at radius 3 is 3.00 bits per heavy atom. The first-order chi connectivity index (χ1) is 7.29. The standard InChI is InChI=1S/C10H16N4S/c1-15-5-4-12-9-6-8(11)13-10(14-9)7-2-3-7/h6-7H,2-5H2,1H3,(H3,11,12,13,14). The Morgan fingerprint density at radius 2 is 2.33 bits per heavy atom. The molecule has 0 spiro atoms. The van der Waals surface area contributed by atoms with Crippen LogP contribution in [0.25, 0.3) is 0 Å². The van der Waals surface area contributed by atoms with Gasteiger partial charge in [-0.2, -0.15) is 11.8 Å². The normalized spacial score (nSPS) is 15.3. The SMILES string of the molecule is CSCCNc1cc(N)nc(C2CC2)n1. The lowest BCUT2D eigenvalue weighted by Gasteiger charge is -2.06. The van der Waals surface area contributed by atoms with Gasteiger partial charge in [-0.3, -0.25) is 0 Å². The number of hydrogen-bond acceptors (Lipinski definition) is 5. The zero-order valence-electron chi connectivity index (χ0n) is 8.86. The third-order valence-corrected chi connectivity index (χ3v) is 2.93. The minimum Gasteiger partial charge on any atom is -0.384 e.